The van der Waals surface area contributed by atoms with Gasteiger partial charge in [0, 0.05) is 47.8 Å². The Morgan fingerprint density at radius 2 is 0.921 bits per heavy atom. The highest BCUT2D eigenvalue weighted by Crippen LogP contribution is 2.65. The number of hydrogen-bond donors (Lipinski definition) is 0. The Kier molecular flexibility index (Phi) is 9.39. The summed E-state index contributed by atoms with van der Waals surface area (Å²) in [5.74, 6) is 0.614. The molecule has 354 valence electrons. The normalized spacial score (nSPS) is 14.3. The predicted octanol–water partition coefficient (Wildman–Crippen LogP) is 18.8. The molecule has 4 heterocycles. The van der Waals surface area contributed by atoms with Crippen molar-refractivity contribution in [3.05, 3.63) is 289 Å². The second kappa shape index (κ2) is 16.7. The van der Waals surface area contributed by atoms with Gasteiger partial charge in [0.15, 0.2) is 0 Å². The Bertz CT molecular complexity index is 4590. The molecule has 5 heteroatoms. The van der Waals surface area contributed by atoms with Crippen LogP contribution in [0.2, 0.25) is 0 Å². The molecule has 0 fully saturated rings. The summed E-state index contributed by atoms with van der Waals surface area (Å²) in [6.07, 6.45) is 0. The van der Waals surface area contributed by atoms with Crippen LogP contribution in [0.4, 0.5) is 17.3 Å². The molecule has 1 unspecified atom stereocenters. The van der Waals surface area contributed by atoms with Crippen LogP contribution in [0.1, 0.15) is 22.3 Å². The van der Waals surface area contributed by atoms with Crippen LogP contribution in [-0.4, -0.2) is 14.5 Å². The third-order valence-corrected chi connectivity index (χ3v) is 17.1. The standard InChI is InChI=1S/C71H44N4S/c1-4-19-45(20-5-1)48-25-18-26-51(41-48)74-62-32-15-11-27-52(62)55-42-49(36-39-63(55)74)50-35-37-58-65(43-50)75(70-72-60(46-21-6-2-7-22-46)44-61(73-70)47-23-8-3-9-24-47)64-33-16-14-31-57(64)71(58)56-30-13-10-28-53(56)68-59(71)38-40-67-69(68)54-29-12-17-34-66(54)76-67/h1-44H. The molecular formula is C71H44N4S. The van der Waals surface area contributed by atoms with Gasteiger partial charge >= 0.3 is 0 Å². The van der Waals surface area contributed by atoms with Crippen LogP contribution in [0.25, 0.3) is 104 Å². The first-order valence-electron chi connectivity index (χ1n) is 26.0. The molecule has 14 aromatic rings. The van der Waals surface area contributed by atoms with Crippen LogP contribution < -0.4 is 4.90 Å². The number of aromatic nitrogens is 3. The second-order valence-corrected chi connectivity index (χ2v) is 21.1. The third kappa shape index (κ3) is 6.24. The van der Waals surface area contributed by atoms with E-state index in [1.54, 1.807) is 0 Å². The number of hydrogen-bond acceptors (Lipinski definition) is 4. The fourth-order valence-corrected chi connectivity index (χ4v) is 13.9. The van der Waals surface area contributed by atoms with Gasteiger partial charge in [-0.2, -0.15) is 0 Å². The first kappa shape index (κ1) is 42.8. The Balaban J connectivity index is 0.968. The molecule has 16 rings (SSSR count). The Hall–Kier alpha value is -9.68. The summed E-state index contributed by atoms with van der Waals surface area (Å²) < 4.78 is 5.02. The van der Waals surface area contributed by atoms with E-state index in [1.807, 2.05) is 11.3 Å². The van der Waals surface area contributed by atoms with Crippen molar-refractivity contribution in [2.24, 2.45) is 0 Å². The molecule has 1 aliphatic carbocycles. The first-order valence-corrected chi connectivity index (χ1v) is 26.8. The summed E-state index contributed by atoms with van der Waals surface area (Å²) in [4.78, 5) is 13.5. The molecule has 1 atom stereocenters. The van der Waals surface area contributed by atoms with Crippen LogP contribution in [0, 0.1) is 0 Å². The van der Waals surface area contributed by atoms with E-state index in [4.69, 9.17) is 9.97 Å². The van der Waals surface area contributed by atoms with Crippen molar-refractivity contribution in [2.45, 2.75) is 5.41 Å². The maximum Gasteiger partial charge on any atom is 0.235 e. The largest absolute Gasteiger partial charge is 0.309 e. The molecule has 3 aromatic heterocycles. The van der Waals surface area contributed by atoms with Gasteiger partial charge < -0.3 is 4.57 Å². The van der Waals surface area contributed by atoms with Gasteiger partial charge in [0.1, 0.15) is 0 Å². The Morgan fingerprint density at radius 3 is 1.71 bits per heavy atom. The summed E-state index contributed by atoms with van der Waals surface area (Å²) >= 11 is 1.88. The number of rotatable bonds is 6. The van der Waals surface area contributed by atoms with Crippen molar-refractivity contribution in [1.29, 1.82) is 0 Å². The zero-order valence-electron chi connectivity index (χ0n) is 41.1. The minimum Gasteiger partial charge on any atom is -0.309 e. The molecule has 0 radical (unpaired) electrons. The Labute approximate surface area is 443 Å². The fraction of sp³-hybridized carbons (Fsp3) is 0.0141. The van der Waals surface area contributed by atoms with Crippen molar-refractivity contribution in [2.75, 3.05) is 4.90 Å². The Morgan fingerprint density at radius 1 is 0.342 bits per heavy atom. The highest BCUT2D eigenvalue weighted by molar-refractivity contribution is 7.26. The number of para-hydroxylation sites is 2. The van der Waals surface area contributed by atoms with Crippen LogP contribution in [0.15, 0.2) is 267 Å². The van der Waals surface area contributed by atoms with Gasteiger partial charge in [0.2, 0.25) is 5.95 Å². The quantitative estimate of drug-likeness (QED) is 0.166. The summed E-state index contributed by atoms with van der Waals surface area (Å²) in [5.41, 5.74) is 20.8. The van der Waals surface area contributed by atoms with Crippen molar-refractivity contribution in [3.8, 4) is 61.6 Å². The monoisotopic (exact) mass is 984 g/mol. The van der Waals surface area contributed by atoms with Gasteiger partial charge in [-0.3, -0.25) is 4.90 Å². The molecular weight excluding hydrogens is 941 g/mol. The van der Waals surface area contributed by atoms with Crippen molar-refractivity contribution in [1.82, 2.24) is 14.5 Å². The number of nitrogens with zero attached hydrogens (tertiary/aromatic N) is 4. The zero-order chi connectivity index (χ0) is 49.9. The molecule has 11 aromatic carbocycles. The van der Waals surface area contributed by atoms with Crippen LogP contribution >= 0.6 is 11.3 Å². The minimum atomic E-state index is -0.672. The van der Waals surface area contributed by atoms with Gasteiger partial charge in [0.25, 0.3) is 0 Å². The zero-order valence-corrected chi connectivity index (χ0v) is 41.9. The van der Waals surface area contributed by atoms with E-state index in [2.05, 4.69) is 276 Å². The summed E-state index contributed by atoms with van der Waals surface area (Å²) in [6.45, 7) is 0. The highest BCUT2D eigenvalue weighted by Gasteiger charge is 2.52. The number of fused-ring (bicyclic) bond motifs is 16. The highest BCUT2D eigenvalue weighted by atomic mass is 32.1. The van der Waals surface area contributed by atoms with Gasteiger partial charge in [-0.15, -0.1) is 11.3 Å². The van der Waals surface area contributed by atoms with Gasteiger partial charge in [-0.1, -0.05) is 206 Å². The molecule has 0 saturated heterocycles. The fourth-order valence-electron chi connectivity index (χ4n) is 12.8. The van der Waals surface area contributed by atoms with Crippen LogP contribution in [-0.2, 0) is 5.41 Å². The first-order chi connectivity index (χ1) is 37.7. The van der Waals surface area contributed by atoms with E-state index in [-0.39, 0.29) is 0 Å². The number of thiophene rings is 1. The molecule has 4 nitrogen and oxygen atoms in total. The lowest BCUT2D eigenvalue weighted by Crippen LogP contribution is -2.36. The number of benzene rings is 11. The molecule has 0 N–H and O–H groups in total. The van der Waals surface area contributed by atoms with Gasteiger partial charge in [-0.05, 0) is 116 Å². The smallest absolute Gasteiger partial charge is 0.235 e. The maximum absolute atomic E-state index is 5.57. The van der Waals surface area contributed by atoms with Crippen LogP contribution in [0.3, 0.4) is 0 Å². The summed E-state index contributed by atoms with van der Waals surface area (Å²) in [5, 5.41) is 5.04. The van der Waals surface area contributed by atoms with Crippen molar-refractivity contribution >= 4 is 70.6 Å². The topological polar surface area (TPSA) is 34.0 Å². The lowest BCUT2D eigenvalue weighted by molar-refractivity contribution is 0.750. The molecule has 1 spiro atoms. The minimum absolute atomic E-state index is 0.614. The van der Waals surface area contributed by atoms with Crippen molar-refractivity contribution < 1.29 is 0 Å². The van der Waals surface area contributed by atoms with E-state index >= 15 is 0 Å². The molecule has 2 aliphatic rings. The number of anilines is 3. The SMILES string of the molecule is c1ccc(-c2cccc(-n3c4ccccc4c4cc(-c5ccc6c(c5)N(c5nc(-c7ccccc7)cc(-c7ccccc7)n5)c5ccccc5C65c6ccccc6-c6c5ccc5sc7ccccc7c65)ccc43)c2)cc1. The molecule has 0 bridgehead atoms. The lowest BCUT2D eigenvalue weighted by Gasteiger charge is -2.44. The van der Waals surface area contributed by atoms with Crippen LogP contribution in [0.5, 0.6) is 0 Å². The van der Waals surface area contributed by atoms with E-state index in [1.165, 1.54) is 81.0 Å². The maximum atomic E-state index is 5.57. The van der Waals surface area contributed by atoms with Gasteiger partial charge in [0.05, 0.1) is 39.2 Å². The summed E-state index contributed by atoms with van der Waals surface area (Å²) in [6, 6.07) is 97.6. The van der Waals surface area contributed by atoms with E-state index in [0.717, 1.165) is 56.2 Å². The molecule has 1 aliphatic heterocycles. The molecule has 0 amide bonds. The van der Waals surface area contributed by atoms with E-state index in [0.29, 0.717) is 5.95 Å². The van der Waals surface area contributed by atoms with Crippen molar-refractivity contribution in [3.63, 3.8) is 0 Å². The molecule has 0 saturated carbocycles. The lowest BCUT2D eigenvalue weighted by atomic mass is 9.64. The van der Waals surface area contributed by atoms with E-state index < -0.39 is 5.41 Å². The second-order valence-electron chi connectivity index (χ2n) is 20.0. The van der Waals surface area contributed by atoms with Gasteiger partial charge in [-0.25, -0.2) is 9.97 Å². The summed E-state index contributed by atoms with van der Waals surface area (Å²) in [7, 11) is 0. The average Bonchev–Trinajstić information content (AvgIpc) is 4.30. The predicted molar refractivity (Wildman–Crippen MR) is 317 cm³/mol. The molecule has 76 heavy (non-hydrogen) atoms. The third-order valence-electron chi connectivity index (χ3n) is 16.0. The average molecular weight is 985 g/mol. The van der Waals surface area contributed by atoms with E-state index in [9.17, 15) is 0 Å².